The summed E-state index contributed by atoms with van der Waals surface area (Å²) < 4.78 is 1.95. The van der Waals surface area contributed by atoms with E-state index in [-0.39, 0.29) is 5.91 Å². The van der Waals surface area contributed by atoms with Crippen LogP contribution in [0.5, 0.6) is 0 Å². The van der Waals surface area contributed by atoms with Gasteiger partial charge in [0.1, 0.15) is 11.3 Å². The van der Waals surface area contributed by atoms with Crippen LogP contribution in [-0.4, -0.2) is 33.3 Å². The molecule has 114 valence electrons. The number of fused-ring (bicyclic) bond motifs is 1. The number of aryl methyl sites for hydroxylation is 2. The lowest BCUT2D eigenvalue weighted by atomic mass is 10.2. The summed E-state index contributed by atoms with van der Waals surface area (Å²) in [7, 11) is 0. The Morgan fingerprint density at radius 3 is 2.48 bits per heavy atom. The van der Waals surface area contributed by atoms with Gasteiger partial charge in [-0.25, -0.2) is 4.98 Å². The minimum absolute atomic E-state index is 0.105. The summed E-state index contributed by atoms with van der Waals surface area (Å²) in [5.74, 6) is 0.105. The van der Waals surface area contributed by atoms with Crippen molar-refractivity contribution in [2.75, 3.05) is 13.1 Å². The maximum atomic E-state index is 13.0. The molecule has 0 aromatic carbocycles. The van der Waals surface area contributed by atoms with Gasteiger partial charge >= 0.3 is 0 Å². The molecule has 4 nitrogen and oxygen atoms in total. The monoisotopic (exact) mass is 287 g/mol. The van der Waals surface area contributed by atoms with Crippen molar-refractivity contribution in [2.45, 2.75) is 47.0 Å². The highest BCUT2D eigenvalue weighted by Gasteiger charge is 2.23. The van der Waals surface area contributed by atoms with Gasteiger partial charge in [-0.3, -0.25) is 9.20 Å². The zero-order chi connectivity index (χ0) is 15.4. The lowest BCUT2D eigenvalue weighted by Gasteiger charge is -2.21. The fraction of sp³-hybridized carbons (Fsp3) is 0.529. The number of amides is 1. The maximum Gasteiger partial charge on any atom is 0.272 e. The van der Waals surface area contributed by atoms with E-state index >= 15 is 0 Å². The molecule has 0 unspecified atom stereocenters. The number of rotatable bonds is 6. The predicted octanol–water partition coefficient (Wildman–Crippen LogP) is 3.47. The van der Waals surface area contributed by atoms with Crippen molar-refractivity contribution in [3.63, 3.8) is 0 Å². The Bertz CT molecular complexity index is 624. The molecule has 2 aromatic heterocycles. The molecule has 0 radical (unpaired) electrons. The SMILES string of the molecule is CCCN(CCC)C(=O)c1c(CC)nc2c(C)cccn12. The third-order valence-electron chi connectivity index (χ3n) is 3.73. The fourth-order valence-corrected chi connectivity index (χ4v) is 2.73. The molecule has 21 heavy (non-hydrogen) atoms. The van der Waals surface area contributed by atoms with Crippen LogP contribution in [0.1, 0.15) is 55.4 Å². The van der Waals surface area contributed by atoms with Crippen molar-refractivity contribution in [1.29, 1.82) is 0 Å². The Balaban J connectivity index is 2.53. The second-order valence-corrected chi connectivity index (χ2v) is 5.44. The first-order chi connectivity index (χ1) is 10.1. The molecular formula is C17H25N3O. The summed E-state index contributed by atoms with van der Waals surface area (Å²) in [5, 5.41) is 0. The lowest BCUT2D eigenvalue weighted by Crippen LogP contribution is -2.33. The highest BCUT2D eigenvalue weighted by atomic mass is 16.2. The van der Waals surface area contributed by atoms with Crippen molar-refractivity contribution >= 4 is 11.6 Å². The molecule has 0 aliphatic carbocycles. The quantitative estimate of drug-likeness (QED) is 0.816. The fourth-order valence-electron chi connectivity index (χ4n) is 2.73. The zero-order valence-corrected chi connectivity index (χ0v) is 13.5. The van der Waals surface area contributed by atoms with Gasteiger partial charge in [0.05, 0.1) is 5.69 Å². The van der Waals surface area contributed by atoms with Crippen molar-refractivity contribution in [1.82, 2.24) is 14.3 Å². The number of nitrogens with zero attached hydrogens (tertiary/aromatic N) is 3. The van der Waals surface area contributed by atoms with E-state index in [1.54, 1.807) is 0 Å². The van der Waals surface area contributed by atoms with E-state index in [0.717, 1.165) is 55.0 Å². The number of aromatic nitrogens is 2. The highest BCUT2D eigenvalue weighted by Crippen LogP contribution is 2.18. The molecule has 0 atom stereocenters. The third kappa shape index (κ3) is 2.94. The standard InChI is InChI=1S/C17H25N3O/c1-5-10-19(11-6-2)17(21)15-14(7-3)18-16-13(4)9-8-12-20(15)16/h8-9,12H,5-7,10-11H2,1-4H3. The molecule has 0 saturated heterocycles. The van der Waals surface area contributed by atoms with Crippen LogP contribution in [-0.2, 0) is 6.42 Å². The Morgan fingerprint density at radius 1 is 1.24 bits per heavy atom. The van der Waals surface area contributed by atoms with Gasteiger partial charge in [-0.2, -0.15) is 0 Å². The van der Waals surface area contributed by atoms with Crippen molar-refractivity contribution in [2.24, 2.45) is 0 Å². The summed E-state index contributed by atoms with van der Waals surface area (Å²) in [4.78, 5) is 19.6. The molecule has 4 heteroatoms. The Labute approximate surface area is 126 Å². The van der Waals surface area contributed by atoms with Crippen LogP contribution < -0.4 is 0 Å². The van der Waals surface area contributed by atoms with E-state index < -0.39 is 0 Å². The van der Waals surface area contributed by atoms with E-state index in [1.807, 2.05) is 34.6 Å². The molecule has 0 aliphatic heterocycles. The average Bonchev–Trinajstić information content (AvgIpc) is 2.86. The molecular weight excluding hydrogens is 262 g/mol. The summed E-state index contributed by atoms with van der Waals surface area (Å²) in [6, 6.07) is 4.01. The predicted molar refractivity (Wildman–Crippen MR) is 85.8 cm³/mol. The van der Waals surface area contributed by atoms with Gasteiger partial charge in [0.15, 0.2) is 0 Å². The molecule has 0 N–H and O–H groups in total. The van der Waals surface area contributed by atoms with Gasteiger partial charge in [-0.1, -0.05) is 26.8 Å². The van der Waals surface area contributed by atoms with Crippen molar-refractivity contribution in [3.8, 4) is 0 Å². The topological polar surface area (TPSA) is 37.6 Å². The summed E-state index contributed by atoms with van der Waals surface area (Å²) >= 11 is 0. The maximum absolute atomic E-state index is 13.0. The first-order valence-electron chi connectivity index (χ1n) is 7.89. The van der Waals surface area contributed by atoms with E-state index in [9.17, 15) is 4.79 Å². The van der Waals surface area contributed by atoms with Gasteiger partial charge in [0.2, 0.25) is 0 Å². The molecule has 0 saturated carbocycles. The number of imidazole rings is 1. The summed E-state index contributed by atoms with van der Waals surface area (Å²) in [6.45, 7) is 9.90. The minimum Gasteiger partial charge on any atom is -0.337 e. The molecule has 2 aromatic rings. The summed E-state index contributed by atoms with van der Waals surface area (Å²) in [5.41, 5.74) is 3.62. The van der Waals surface area contributed by atoms with Crippen LogP contribution >= 0.6 is 0 Å². The largest absolute Gasteiger partial charge is 0.337 e. The second kappa shape index (κ2) is 6.74. The van der Waals surface area contributed by atoms with Gasteiger partial charge in [0, 0.05) is 19.3 Å². The Kier molecular flexibility index (Phi) is 4.99. The van der Waals surface area contributed by atoms with Crippen molar-refractivity contribution < 1.29 is 4.79 Å². The van der Waals surface area contributed by atoms with E-state index in [1.165, 1.54) is 0 Å². The third-order valence-corrected chi connectivity index (χ3v) is 3.73. The first kappa shape index (κ1) is 15.5. The van der Waals surface area contributed by atoms with Gasteiger partial charge in [-0.15, -0.1) is 0 Å². The van der Waals surface area contributed by atoms with E-state index in [4.69, 9.17) is 0 Å². The van der Waals surface area contributed by atoms with Crippen LogP contribution in [0.15, 0.2) is 18.3 Å². The first-order valence-corrected chi connectivity index (χ1v) is 7.89. The summed E-state index contributed by atoms with van der Waals surface area (Å²) in [6.07, 6.45) is 4.66. The molecule has 2 heterocycles. The number of carbonyl (C=O) groups excluding carboxylic acids is 1. The number of carbonyl (C=O) groups is 1. The molecule has 0 spiro atoms. The van der Waals surface area contributed by atoms with Gasteiger partial charge in [-0.05, 0) is 37.8 Å². The van der Waals surface area contributed by atoms with Crippen LogP contribution in [0.3, 0.4) is 0 Å². The normalized spacial score (nSPS) is 11.0. The van der Waals surface area contributed by atoms with Crippen molar-refractivity contribution in [3.05, 3.63) is 35.3 Å². The van der Waals surface area contributed by atoms with Crippen LogP contribution in [0.4, 0.5) is 0 Å². The molecule has 0 fully saturated rings. The Morgan fingerprint density at radius 2 is 1.90 bits per heavy atom. The van der Waals surface area contributed by atoms with E-state index in [0.29, 0.717) is 0 Å². The second-order valence-electron chi connectivity index (χ2n) is 5.44. The molecule has 0 aliphatic rings. The van der Waals surface area contributed by atoms with Crippen LogP contribution in [0.25, 0.3) is 5.65 Å². The van der Waals surface area contributed by atoms with Crippen LogP contribution in [0, 0.1) is 6.92 Å². The van der Waals surface area contributed by atoms with Crippen LogP contribution in [0.2, 0.25) is 0 Å². The molecule has 2 rings (SSSR count). The molecule has 0 bridgehead atoms. The van der Waals surface area contributed by atoms with Gasteiger partial charge in [0.25, 0.3) is 5.91 Å². The highest BCUT2D eigenvalue weighted by molar-refractivity contribution is 5.95. The van der Waals surface area contributed by atoms with E-state index in [2.05, 4.69) is 25.8 Å². The van der Waals surface area contributed by atoms with Gasteiger partial charge < -0.3 is 4.90 Å². The number of hydrogen-bond acceptors (Lipinski definition) is 2. The smallest absolute Gasteiger partial charge is 0.272 e. The molecule has 1 amide bonds. The number of hydrogen-bond donors (Lipinski definition) is 0. The lowest BCUT2D eigenvalue weighted by molar-refractivity contribution is 0.0747. The minimum atomic E-state index is 0.105. The average molecular weight is 287 g/mol. The number of pyridine rings is 1. The Hall–Kier alpha value is -1.84. The zero-order valence-electron chi connectivity index (χ0n) is 13.5.